The zero-order valence-electron chi connectivity index (χ0n) is 9.62. The third-order valence-corrected chi connectivity index (χ3v) is 2.50. The van der Waals surface area contributed by atoms with Crippen LogP contribution in [0.2, 0.25) is 0 Å². The van der Waals surface area contributed by atoms with Crippen molar-refractivity contribution in [2.24, 2.45) is 0 Å². The second kappa shape index (κ2) is 4.82. The van der Waals surface area contributed by atoms with E-state index in [4.69, 9.17) is 0 Å². The van der Waals surface area contributed by atoms with Crippen molar-refractivity contribution in [1.82, 2.24) is 4.98 Å². The van der Waals surface area contributed by atoms with Crippen LogP contribution in [0.1, 0.15) is 19.8 Å². The van der Waals surface area contributed by atoms with E-state index < -0.39 is 0 Å². The van der Waals surface area contributed by atoms with E-state index in [9.17, 15) is 9.59 Å². The van der Waals surface area contributed by atoms with E-state index in [2.05, 4.69) is 10.3 Å². The molecule has 0 radical (unpaired) electrons. The quantitative estimate of drug-likeness (QED) is 0.849. The van der Waals surface area contributed by atoms with Gasteiger partial charge in [0.1, 0.15) is 5.69 Å². The lowest BCUT2D eigenvalue weighted by atomic mass is 10.2. The number of rotatable bonds is 3. The maximum atomic E-state index is 11.7. The summed E-state index contributed by atoms with van der Waals surface area (Å²) in [4.78, 5) is 25.9. The van der Waals surface area contributed by atoms with Crippen LogP contribution in [0.3, 0.4) is 0 Å². The first kappa shape index (κ1) is 11.4. The van der Waals surface area contributed by atoms with Gasteiger partial charge in [-0.3, -0.25) is 9.59 Å². The molecule has 1 amide bonds. The molecule has 2 rings (SSSR count). The molecule has 4 nitrogen and oxygen atoms in total. The SMILES string of the molecule is CCCC(=O)Nc1cc2ccccc2[nH]c1=O. The first-order chi connectivity index (χ1) is 8.20. The number of anilines is 1. The first-order valence-electron chi connectivity index (χ1n) is 5.62. The molecule has 2 N–H and O–H groups in total. The van der Waals surface area contributed by atoms with E-state index in [0.717, 1.165) is 17.3 Å². The molecule has 1 heterocycles. The molecule has 4 heteroatoms. The molecule has 0 saturated heterocycles. The summed E-state index contributed by atoms with van der Waals surface area (Å²) in [6.45, 7) is 1.92. The normalized spacial score (nSPS) is 10.4. The van der Waals surface area contributed by atoms with Gasteiger partial charge in [-0.25, -0.2) is 0 Å². The van der Waals surface area contributed by atoms with Crippen molar-refractivity contribution in [3.05, 3.63) is 40.7 Å². The molecule has 1 aromatic carbocycles. The highest BCUT2D eigenvalue weighted by Crippen LogP contribution is 2.12. The second-order valence-corrected chi connectivity index (χ2v) is 3.90. The van der Waals surface area contributed by atoms with Crippen LogP contribution in [0.4, 0.5) is 5.69 Å². The predicted octanol–water partition coefficient (Wildman–Crippen LogP) is 2.27. The molecule has 2 aromatic rings. The van der Waals surface area contributed by atoms with E-state index in [1.54, 1.807) is 6.07 Å². The number of fused-ring (bicyclic) bond motifs is 1. The van der Waals surface area contributed by atoms with Crippen molar-refractivity contribution < 1.29 is 4.79 Å². The average Bonchev–Trinajstić information content (AvgIpc) is 2.30. The summed E-state index contributed by atoms with van der Waals surface area (Å²) in [5.74, 6) is -0.131. The Labute approximate surface area is 98.7 Å². The van der Waals surface area contributed by atoms with Gasteiger partial charge in [-0.15, -0.1) is 0 Å². The third kappa shape index (κ3) is 2.53. The largest absolute Gasteiger partial charge is 0.321 e. The Hall–Kier alpha value is -2.10. The topological polar surface area (TPSA) is 62.0 Å². The zero-order valence-corrected chi connectivity index (χ0v) is 9.62. The second-order valence-electron chi connectivity index (χ2n) is 3.90. The number of H-pyrrole nitrogens is 1. The van der Waals surface area contributed by atoms with Crippen LogP contribution in [-0.4, -0.2) is 10.9 Å². The lowest BCUT2D eigenvalue weighted by molar-refractivity contribution is -0.116. The Balaban J connectivity index is 2.37. The summed E-state index contributed by atoms with van der Waals surface area (Å²) < 4.78 is 0. The number of carbonyl (C=O) groups excluding carboxylic acids is 1. The fourth-order valence-corrected chi connectivity index (χ4v) is 1.68. The van der Waals surface area contributed by atoms with Crippen molar-refractivity contribution in [2.45, 2.75) is 19.8 Å². The third-order valence-electron chi connectivity index (χ3n) is 2.50. The Bertz CT molecular complexity index is 602. The lowest BCUT2D eigenvalue weighted by Gasteiger charge is -2.04. The summed E-state index contributed by atoms with van der Waals surface area (Å²) in [6, 6.07) is 9.16. The number of aromatic nitrogens is 1. The van der Waals surface area contributed by atoms with Crippen LogP contribution in [0.5, 0.6) is 0 Å². The average molecular weight is 230 g/mol. The summed E-state index contributed by atoms with van der Waals surface area (Å²) in [6.07, 6.45) is 1.18. The summed E-state index contributed by atoms with van der Waals surface area (Å²) >= 11 is 0. The van der Waals surface area contributed by atoms with Gasteiger partial charge in [-0.05, 0) is 18.6 Å². The van der Waals surface area contributed by atoms with Crippen LogP contribution >= 0.6 is 0 Å². The monoisotopic (exact) mass is 230 g/mol. The number of para-hydroxylation sites is 1. The fraction of sp³-hybridized carbons (Fsp3) is 0.231. The number of nitrogens with one attached hydrogen (secondary N) is 2. The molecule has 0 aliphatic carbocycles. The van der Waals surface area contributed by atoms with Crippen molar-refractivity contribution >= 4 is 22.5 Å². The predicted molar refractivity (Wildman–Crippen MR) is 68.1 cm³/mol. The molecule has 0 aliphatic heterocycles. The van der Waals surface area contributed by atoms with E-state index in [-0.39, 0.29) is 11.5 Å². The van der Waals surface area contributed by atoms with Crippen LogP contribution in [0.25, 0.3) is 10.9 Å². The van der Waals surface area contributed by atoms with Gasteiger partial charge in [-0.1, -0.05) is 25.1 Å². The molecular weight excluding hydrogens is 216 g/mol. The first-order valence-corrected chi connectivity index (χ1v) is 5.62. The van der Waals surface area contributed by atoms with Gasteiger partial charge in [0.2, 0.25) is 5.91 Å². The lowest BCUT2D eigenvalue weighted by Crippen LogP contribution is -2.19. The van der Waals surface area contributed by atoms with Crippen molar-refractivity contribution in [1.29, 1.82) is 0 Å². The zero-order chi connectivity index (χ0) is 12.3. The molecule has 1 aromatic heterocycles. The van der Waals surface area contributed by atoms with E-state index >= 15 is 0 Å². The molecule has 0 atom stereocenters. The molecule has 0 spiro atoms. The molecule has 88 valence electrons. The van der Waals surface area contributed by atoms with E-state index in [1.807, 2.05) is 31.2 Å². The molecule has 0 fully saturated rings. The Morgan fingerprint density at radius 2 is 2.12 bits per heavy atom. The van der Waals surface area contributed by atoms with Gasteiger partial charge in [0.25, 0.3) is 5.56 Å². The van der Waals surface area contributed by atoms with Crippen LogP contribution < -0.4 is 10.9 Å². The minimum atomic E-state index is -0.270. The molecule has 0 bridgehead atoms. The number of pyridine rings is 1. The van der Waals surface area contributed by atoms with Crippen molar-refractivity contribution in [3.8, 4) is 0 Å². The Morgan fingerprint density at radius 3 is 2.88 bits per heavy atom. The van der Waals surface area contributed by atoms with E-state index in [0.29, 0.717) is 12.1 Å². The van der Waals surface area contributed by atoms with E-state index in [1.165, 1.54) is 0 Å². The van der Waals surface area contributed by atoms with Gasteiger partial charge in [0.15, 0.2) is 0 Å². The minimum absolute atomic E-state index is 0.131. The summed E-state index contributed by atoms with van der Waals surface area (Å²) in [5, 5.41) is 3.52. The highest BCUT2D eigenvalue weighted by molar-refractivity contribution is 5.92. The van der Waals surface area contributed by atoms with Crippen molar-refractivity contribution in [3.63, 3.8) is 0 Å². The Kier molecular flexibility index (Phi) is 3.23. The number of aromatic amines is 1. The maximum Gasteiger partial charge on any atom is 0.272 e. The van der Waals surface area contributed by atoms with Gasteiger partial charge in [0.05, 0.1) is 0 Å². The van der Waals surface area contributed by atoms with Gasteiger partial charge in [0, 0.05) is 17.3 Å². The minimum Gasteiger partial charge on any atom is -0.321 e. The highest BCUT2D eigenvalue weighted by Gasteiger charge is 2.05. The number of carbonyl (C=O) groups is 1. The van der Waals surface area contributed by atoms with Crippen LogP contribution in [0.15, 0.2) is 35.1 Å². The number of hydrogen-bond acceptors (Lipinski definition) is 2. The highest BCUT2D eigenvalue weighted by atomic mass is 16.2. The van der Waals surface area contributed by atoms with Gasteiger partial charge in [-0.2, -0.15) is 0 Å². The molecule has 17 heavy (non-hydrogen) atoms. The summed E-state index contributed by atoms with van der Waals surface area (Å²) in [7, 11) is 0. The molecule has 0 unspecified atom stereocenters. The standard InChI is InChI=1S/C13H14N2O2/c1-2-5-12(16)14-11-8-9-6-3-4-7-10(9)15-13(11)17/h3-4,6-8H,2,5H2,1H3,(H,14,16)(H,15,17). The molecular formula is C13H14N2O2. The molecule has 0 saturated carbocycles. The number of benzene rings is 1. The smallest absolute Gasteiger partial charge is 0.272 e. The summed E-state index contributed by atoms with van der Waals surface area (Å²) in [5.41, 5.74) is 0.807. The molecule has 0 aliphatic rings. The van der Waals surface area contributed by atoms with Gasteiger partial charge < -0.3 is 10.3 Å². The Morgan fingerprint density at radius 1 is 1.35 bits per heavy atom. The van der Waals surface area contributed by atoms with Crippen molar-refractivity contribution in [2.75, 3.05) is 5.32 Å². The fourth-order valence-electron chi connectivity index (χ4n) is 1.68. The maximum absolute atomic E-state index is 11.7. The van der Waals surface area contributed by atoms with Crippen LogP contribution in [0, 0.1) is 0 Å². The number of amides is 1. The van der Waals surface area contributed by atoms with Crippen LogP contribution in [-0.2, 0) is 4.79 Å². The van der Waals surface area contributed by atoms with Gasteiger partial charge >= 0.3 is 0 Å². The number of hydrogen-bond donors (Lipinski definition) is 2.